The molecule has 0 saturated carbocycles. The van der Waals surface area contributed by atoms with E-state index >= 15 is 0 Å². The Balaban J connectivity index is 1.61. The largest absolute Gasteiger partial charge is 0.323 e. The molecule has 0 unspecified atom stereocenters. The first-order valence-corrected chi connectivity index (χ1v) is 9.43. The van der Waals surface area contributed by atoms with Crippen LogP contribution in [-0.2, 0) is 13.0 Å². The molecule has 0 bridgehead atoms. The molecule has 0 radical (unpaired) electrons. The number of aromatic nitrogens is 2. The SMILES string of the molecule is N#Cc1ccc(NC(=O)c2nc(C(=O)Nc3ccccc3)n3c2CCCC3)cc1. The van der Waals surface area contributed by atoms with Crippen LogP contribution in [0, 0.1) is 11.3 Å². The maximum Gasteiger partial charge on any atom is 0.291 e. The van der Waals surface area contributed by atoms with Gasteiger partial charge in [-0.3, -0.25) is 9.59 Å². The third kappa shape index (κ3) is 3.87. The molecule has 7 heteroatoms. The van der Waals surface area contributed by atoms with Crippen LogP contribution in [0.25, 0.3) is 0 Å². The van der Waals surface area contributed by atoms with E-state index < -0.39 is 0 Å². The van der Waals surface area contributed by atoms with Crippen LogP contribution in [0.4, 0.5) is 11.4 Å². The summed E-state index contributed by atoms with van der Waals surface area (Å²) in [5.41, 5.74) is 2.81. The molecule has 7 nitrogen and oxygen atoms in total. The van der Waals surface area contributed by atoms with Crippen LogP contribution in [0.3, 0.4) is 0 Å². The Labute approximate surface area is 168 Å². The number of fused-ring (bicyclic) bond motifs is 1. The van der Waals surface area contributed by atoms with Gasteiger partial charge in [-0.25, -0.2) is 4.98 Å². The topological polar surface area (TPSA) is 99.8 Å². The number of para-hydroxylation sites is 1. The lowest BCUT2D eigenvalue weighted by Gasteiger charge is -2.17. The van der Waals surface area contributed by atoms with Crippen molar-refractivity contribution >= 4 is 23.2 Å². The molecule has 0 fully saturated rings. The molecule has 1 aliphatic heterocycles. The number of amides is 2. The zero-order valence-electron chi connectivity index (χ0n) is 15.7. The molecule has 0 saturated heterocycles. The van der Waals surface area contributed by atoms with Crippen molar-refractivity contribution in [3.05, 3.63) is 77.4 Å². The second kappa shape index (κ2) is 7.98. The molecule has 2 N–H and O–H groups in total. The summed E-state index contributed by atoms with van der Waals surface area (Å²) in [6.45, 7) is 0.657. The van der Waals surface area contributed by atoms with E-state index in [4.69, 9.17) is 5.26 Å². The smallest absolute Gasteiger partial charge is 0.291 e. The fourth-order valence-corrected chi connectivity index (χ4v) is 3.43. The van der Waals surface area contributed by atoms with Gasteiger partial charge >= 0.3 is 0 Å². The molecule has 1 aromatic heterocycles. The normalized spacial score (nSPS) is 12.5. The van der Waals surface area contributed by atoms with Crippen molar-refractivity contribution in [1.29, 1.82) is 5.26 Å². The third-order valence-corrected chi connectivity index (χ3v) is 4.84. The lowest BCUT2D eigenvalue weighted by atomic mass is 10.1. The molecule has 2 amide bonds. The summed E-state index contributed by atoms with van der Waals surface area (Å²) in [5, 5.41) is 14.5. The van der Waals surface area contributed by atoms with Gasteiger partial charge in [0.05, 0.1) is 17.3 Å². The van der Waals surface area contributed by atoms with Gasteiger partial charge in [-0.1, -0.05) is 18.2 Å². The number of nitrogens with one attached hydrogen (secondary N) is 2. The van der Waals surface area contributed by atoms with Crippen molar-refractivity contribution in [2.24, 2.45) is 0 Å². The molecular weight excluding hydrogens is 366 g/mol. The number of imidazole rings is 1. The molecule has 3 aromatic rings. The van der Waals surface area contributed by atoms with Crippen LogP contribution < -0.4 is 10.6 Å². The summed E-state index contributed by atoms with van der Waals surface area (Å²) in [6, 6.07) is 17.8. The van der Waals surface area contributed by atoms with Crippen molar-refractivity contribution in [3.63, 3.8) is 0 Å². The van der Waals surface area contributed by atoms with E-state index in [9.17, 15) is 9.59 Å². The molecule has 144 valence electrons. The maximum atomic E-state index is 12.9. The summed E-state index contributed by atoms with van der Waals surface area (Å²) >= 11 is 0. The first-order valence-electron chi connectivity index (χ1n) is 9.43. The maximum absolute atomic E-state index is 12.9. The highest BCUT2D eigenvalue weighted by molar-refractivity contribution is 6.07. The zero-order chi connectivity index (χ0) is 20.2. The van der Waals surface area contributed by atoms with Crippen molar-refractivity contribution in [2.75, 3.05) is 10.6 Å². The Morgan fingerprint density at radius 3 is 2.34 bits per heavy atom. The fourth-order valence-electron chi connectivity index (χ4n) is 3.43. The van der Waals surface area contributed by atoms with E-state index in [0.717, 1.165) is 18.5 Å². The Kier molecular flexibility index (Phi) is 5.08. The molecule has 2 heterocycles. The average molecular weight is 385 g/mol. The molecule has 0 atom stereocenters. The highest BCUT2D eigenvalue weighted by atomic mass is 16.2. The average Bonchev–Trinajstić information content (AvgIpc) is 3.15. The number of anilines is 2. The van der Waals surface area contributed by atoms with Crippen LogP contribution >= 0.6 is 0 Å². The number of rotatable bonds is 4. The van der Waals surface area contributed by atoms with Crippen LogP contribution in [0.15, 0.2) is 54.6 Å². The second-order valence-electron chi connectivity index (χ2n) is 6.80. The minimum Gasteiger partial charge on any atom is -0.323 e. The Bertz CT molecular complexity index is 1090. The summed E-state index contributed by atoms with van der Waals surface area (Å²) < 4.78 is 1.84. The van der Waals surface area contributed by atoms with Crippen molar-refractivity contribution < 1.29 is 9.59 Å². The molecule has 2 aromatic carbocycles. The van der Waals surface area contributed by atoms with Crippen molar-refractivity contribution in [2.45, 2.75) is 25.8 Å². The number of nitriles is 1. The van der Waals surface area contributed by atoms with Crippen molar-refractivity contribution in [3.8, 4) is 6.07 Å². The van der Waals surface area contributed by atoms with Gasteiger partial charge in [0.15, 0.2) is 11.5 Å². The number of benzene rings is 2. The van der Waals surface area contributed by atoms with E-state index in [1.54, 1.807) is 36.4 Å². The first-order chi connectivity index (χ1) is 14.2. The van der Waals surface area contributed by atoms with Gasteiger partial charge in [-0.2, -0.15) is 5.26 Å². The monoisotopic (exact) mass is 385 g/mol. The van der Waals surface area contributed by atoms with Gasteiger partial charge in [-0.05, 0) is 55.7 Å². The fraction of sp³-hybridized carbons (Fsp3) is 0.182. The minimum atomic E-state index is -0.362. The van der Waals surface area contributed by atoms with Gasteiger partial charge < -0.3 is 15.2 Å². The van der Waals surface area contributed by atoms with E-state index in [2.05, 4.69) is 15.6 Å². The zero-order valence-corrected chi connectivity index (χ0v) is 15.7. The molecule has 29 heavy (non-hydrogen) atoms. The number of hydrogen-bond donors (Lipinski definition) is 2. The lowest BCUT2D eigenvalue weighted by Crippen LogP contribution is -2.21. The Morgan fingerprint density at radius 1 is 0.931 bits per heavy atom. The van der Waals surface area contributed by atoms with E-state index in [1.165, 1.54) is 0 Å². The summed E-state index contributed by atoms with van der Waals surface area (Å²) in [5.74, 6) is -0.454. The third-order valence-electron chi connectivity index (χ3n) is 4.84. The number of hydrogen-bond acceptors (Lipinski definition) is 4. The van der Waals surface area contributed by atoms with Crippen molar-refractivity contribution in [1.82, 2.24) is 9.55 Å². The summed E-state index contributed by atoms with van der Waals surface area (Å²) in [4.78, 5) is 30.0. The lowest BCUT2D eigenvalue weighted by molar-refractivity contribution is 0.101. The van der Waals surface area contributed by atoms with Crippen LogP contribution in [-0.4, -0.2) is 21.4 Å². The molecule has 0 aliphatic carbocycles. The second-order valence-corrected chi connectivity index (χ2v) is 6.80. The van der Waals surface area contributed by atoms with Gasteiger partial charge in [0.25, 0.3) is 11.8 Å². The summed E-state index contributed by atoms with van der Waals surface area (Å²) in [6.07, 6.45) is 2.58. The Hall–Kier alpha value is -3.92. The van der Waals surface area contributed by atoms with E-state index in [0.29, 0.717) is 29.9 Å². The highest BCUT2D eigenvalue weighted by Gasteiger charge is 2.27. The van der Waals surface area contributed by atoms with E-state index in [-0.39, 0.29) is 23.3 Å². The van der Waals surface area contributed by atoms with Crippen LogP contribution in [0.1, 0.15) is 45.2 Å². The predicted octanol–water partition coefficient (Wildman–Crippen LogP) is 3.60. The Morgan fingerprint density at radius 2 is 1.62 bits per heavy atom. The molecule has 1 aliphatic rings. The van der Waals surface area contributed by atoms with Crippen LogP contribution in [0.5, 0.6) is 0 Å². The van der Waals surface area contributed by atoms with Gasteiger partial charge in [-0.15, -0.1) is 0 Å². The molecular formula is C22H19N5O2. The molecule has 0 spiro atoms. The highest BCUT2D eigenvalue weighted by Crippen LogP contribution is 2.23. The predicted molar refractivity (Wildman–Crippen MR) is 109 cm³/mol. The van der Waals surface area contributed by atoms with Crippen LogP contribution in [0.2, 0.25) is 0 Å². The standard InChI is InChI=1S/C22H19N5O2/c23-14-15-9-11-17(12-10-15)24-21(28)19-18-8-4-5-13-27(18)20(26-19)22(29)25-16-6-2-1-3-7-16/h1-3,6-7,9-12H,4-5,8,13H2,(H,24,28)(H,25,29). The number of carbonyl (C=O) groups excluding carboxylic acids is 2. The van der Waals surface area contributed by atoms with Gasteiger partial charge in [0.1, 0.15) is 0 Å². The summed E-state index contributed by atoms with van der Waals surface area (Å²) in [7, 11) is 0. The quantitative estimate of drug-likeness (QED) is 0.717. The number of nitrogens with zero attached hydrogens (tertiary/aromatic N) is 3. The first kappa shape index (κ1) is 18.4. The van der Waals surface area contributed by atoms with Gasteiger partial charge in [0, 0.05) is 17.9 Å². The number of carbonyl (C=O) groups is 2. The minimum absolute atomic E-state index is 0.244. The van der Waals surface area contributed by atoms with E-state index in [1.807, 2.05) is 28.8 Å². The molecule has 4 rings (SSSR count). The van der Waals surface area contributed by atoms with Gasteiger partial charge in [0.2, 0.25) is 0 Å².